The molecular weight excluding hydrogens is 617 g/mol. The monoisotopic (exact) mass is 652 g/mol. The van der Waals surface area contributed by atoms with Crippen LogP contribution in [0.1, 0.15) is 12.5 Å². The first-order valence-corrected chi connectivity index (χ1v) is 17.5. The Labute approximate surface area is 298 Å². The van der Waals surface area contributed by atoms with Gasteiger partial charge in [0.25, 0.3) is 0 Å². The van der Waals surface area contributed by atoms with Crippen molar-refractivity contribution in [1.82, 2.24) is 4.57 Å². The van der Waals surface area contributed by atoms with E-state index in [9.17, 15) is 0 Å². The van der Waals surface area contributed by atoms with Gasteiger partial charge in [0.15, 0.2) is 0 Å². The van der Waals surface area contributed by atoms with Crippen LogP contribution in [0.4, 0.5) is 0 Å². The number of para-hydroxylation sites is 1. The number of rotatable bonds is 6. The number of nitrogens with zero attached hydrogens (tertiary/aromatic N) is 1. The van der Waals surface area contributed by atoms with E-state index in [1.165, 1.54) is 76.7 Å². The lowest BCUT2D eigenvalue weighted by Gasteiger charge is -2.12. The van der Waals surface area contributed by atoms with Crippen LogP contribution in [0.25, 0.3) is 88.1 Å². The van der Waals surface area contributed by atoms with E-state index in [0.717, 1.165) is 16.9 Å². The summed E-state index contributed by atoms with van der Waals surface area (Å²) in [5.41, 5.74) is 19.0. The second kappa shape index (κ2) is 12.7. The van der Waals surface area contributed by atoms with E-state index in [4.69, 9.17) is 5.73 Å². The van der Waals surface area contributed by atoms with Crippen LogP contribution in [0.15, 0.2) is 188 Å². The predicted octanol–water partition coefficient (Wildman–Crippen LogP) is 13.0. The molecule has 0 amide bonds. The van der Waals surface area contributed by atoms with Crippen molar-refractivity contribution in [1.29, 1.82) is 0 Å². The molecule has 1 aromatic heterocycles. The van der Waals surface area contributed by atoms with E-state index in [0.29, 0.717) is 0 Å². The van der Waals surface area contributed by atoms with Gasteiger partial charge >= 0.3 is 0 Å². The number of hydrogen-bond donors (Lipinski definition) is 1. The number of hydrogen-bond acceptors (Lipinski definition) is 1. The minimum atomic E-state index is 0.765. The van der Waals surface area contributed by atoms with Gasteiger partial charge in [-0.1, -0.05) is 146 Å². The molecule has 0 atom stereocenters. The van der Waals surface area contributed by atoms with Crippen LogP contribution in [0.3, 0.4) is 0 Å². The first-order chi connectivity index (χ1) is 25.1. The van der Waals surface area contributed by atoms with Gasteiger partial charge in [-0.3, -0.25) is 0 Å². The second-order valence-corrected chi connectivity index (χ2v) is 13.2. The third-order valence-electron chi connectivity index (χ3n) is 10.1. The van der Waals surface area contributed by atoms with Gasteiger partial charge < -0.3 is 10.3 Å². The third-order valence-corrected chi connectivity index (χ3v) is 10.1. The van der Waals surface area contributed by atoms with Crippen molar-refractivity contribution in [2.45, 2.75) is 6.92 Å². The molecule has 0 fully saturated rings. The quantitative estimate of drug-likeness (QED) is 0.178. The highest BCUT2D eigenvalue weighted by molar-refractivity contribution is 6.19. The molecule has 2 N–H and O–H groups in total. The van der Waals surface area contributed by atoms with Crippen molar-refractivity contribution in [3.63, 3.8) is 0 Å². The Hall–Kier alpha value is -6.64. The zero-order valence-electron chi connectivity index (χ0n) is 28.4. The molecule has 0 aliphatic rings. The molecule has 2 nitrogen and oxygen atoms in total. The molecule has 9 rings (SSSR count). The largest absolute Gasteiger partial charge is 0.398 e. The molecule has 1 heterocycles. The molecule has 0 bridgehead atoms. The van der Waals surface area contributed by atoms with Crippen molar-refractivity contribution in [3.05, 3.63) is 194 Å². The summed E-state index contributed by atoms with van der Waals surface area (Å²) in [7, 11) is 0. The molecular formula is C49H36N2. The summed E-state index contributed by atoms with van der Waals surface area (Å²) in [4.78, 5) is 0. The molecule has 0 saturated heterocycles. The number of nitrogens with two attached hydrogens (primary N) is 1. The van der Waals surface area contributed by atoms with Gasteiger partial charge in [0.05, 0.1) is 11.0 Å². The first-order valence-electron chi connectivity index (χ1n) is 17.5. The highest BCUT2D eigenvalue weighted by Crippen LogP contribution is 2.40. The van der Waals surface area contributed by atoms with E-state index in [1.54, 1.807) is 0 Å². The van der Waals surface area contributed by atoms with Gasteiger partial charge in [0, 0.05) is 27.5 Å². The van der Waals surface area contributed by atoms with Crippen LogP contribution in [-0.4, -0.2) is 4.57 Å². The standard InChI is InChI=1S/C49H36N2/c1-2-3-14-47(50)42-22-21-37-29-36(19-20-38(37)31-42)39-23-26-44-41(30-39)25-28-46-45-27-24-40(32-48(45)51(49(44)46)43-12-8-5-9-13-43)35-17-15-34(16-18-35)33-10-6-4-7-11-33/h2-32H,50H2,1H3/b3-2-,47-14-. The molecule has 0 aliphatic carbocycles. The fourth-order valence-corrected chi connectivity index (χ4v) is 7.43. The molecule has 8 aromatic carbocycles. The Morgan fingerprint density at radius 2 is 1.00 bits per heavy atom. The Morgan fingerprint density at radius 3 is 1.75 bits per heavy atom. The van der Waals surface area contributed by atoms with E-state index in [-0.39, 0.29) is 0 Å². The van der Waals surface area contributed by atoms with Crippen LogP contribution in [0.5, 0.6) is 0 Å². The van der Waals surface area contributed by atoms with Crippen LogP contribution < -0.4 is 5.73 Å². The summed E-state index contributed by atoms with van der Waals surface area (Å²) in [6, 6.07) is 61.7. The highest BCUT2D eigenvalue weighted by atomic mass is 15.0. The average Bonchev–Trinajstić information content (AvgIpc) is 3.54. The predicted molar refractivity (Wildman–Crippen MR) is 219 cm³/mol. The summed E-state index contributed by atoms with van der Waals surface area (Å²) in [6.45, 7) is 1.99. The molecule has 0 spiro atoms. The Morgan fingerprint density at radius 1 is 0.471 bits per heavy atom. The van der Waals surface area contributed by atoms with Crippen molar-refractivity contribution >= 4 is 49.0 Å². The van der Waals surface area contributed by atoms with Crippen LogP contribution in [0.2, 0.25) is 0 Å². The number of benzene rings is 8. The van der Waals surface area contributed by atoms with E-state index in [1.807, 2.05) is 25.2 Å². The van der Waals surface area contributed by atoms with Gasteiger partial charge in [0.1, 0.15) is 0 Å². The maximum absolute atomic E-state index is 6.32. The maximum Gasteiger partial charge on any atom is 0.0619 e. The molecule has 51 heavy (non-hydrogen) atoms. The van der Waals surface area contributed by atoms with Crippen molar-refractivity contribution in [3.8, 4) is 39.1 Å². The summed E-state index contributed by atoms with van der Waals surface area (Å²) in [5, 5.41) is 7.33. The molecule has 0 unspecified atom stereocenters. The summed E-state index contributed by atoms with van der Waals surface area (Å²) < 4.78 is 2.44. The zero-order valence-corrected chi connectivity index (χ0v) is 28.4. The van der Waals surface area contributed by atoms with Crippen molar-refractivity contribution < 1.29 is 0 Å². The second-order valence-electron chi connectivity index (χ2n) is 13.2. The Kier molecular flexibility index (Phi) is 7.56. The lowest BCUT2D eigenvalue weighted by atomic mass is 9.96. The van der Waals surface area contributed by atoms with Gasteiger partial charge in [0.2, 0.25) is 0 Å². The zero-order chi connectivity index (χ0) is 34.3. The van der Waals surface area contributed by atoms with E-state index >= 15 is 0 Å². The topological polar surface area (TPSA) is 30.9 Å². The van der Waals surface area contributed by atoms with E-state index in [2.05, 4.69) is 174 Å². The molecule has 0 radical (unpaired) electrons. The van der Waals surface area contributed by atoms with Crippen LogP contribution in [-0.2, 0) is 0 Å². The van der Waals surface area contributed by atoms with Gasteiger partial charge in [-0.05, 0) is 105 Å². The minimum Gasteiger partial charge on any atom is -0.398 e. The third kappa shape index (κ3) is 5.48. The van der Waals surface area contributed by atoms with E-state index < -0.39 is 0 Å². The highest BCUT2D eigenvalue weighted by Gasteiger charge is 2.17. The van der Waals surface area contributed by atoms with Gasteiger partial charge in [-0.2, -0.15) is 0 Å². The van der Waals surface area contributed by atoms with Crippen molar-refractivity contribution in [2.24, 2.45) is 5.73 Å². The summed E-state index contributed by atoms with van der Waals surface area (Å²) in [5.74, 6) is 0. The van der Waals surface area contributed by atoms with Crippen molar-refractivity contribution in [2.75, 3.05) is 0 Å². The minimum absolute atomic E-state index is 0.765. The Balaban J connectivity index is 1.16. The smallest absolute Gasteiger partial charge is 0.0619 e. The van der Waals surface area contributed by atoms with Crippen LogP contribution >= 0.6 is 0 Å². The molecule has 9 aromatic rings. The summed E-state index contributed by atoms with van der Waals surface area (Å²) >= 11 is 0. The van der Waals surface area contributed by atoms with Crippen LogP contribution in [0, 0.1) is 0 Å². The lowest BCUT2D eigenvalue weighted by molar-refractivity contribution is 1.19. The fraction of sp³-hybridized carbons (Fsp3) is 0.0204. The molecule has 2 heteroatoms. The van der Waals surface area contributed by atoms with Gasteiger partial charge in [-0.15, -0.1) is 0 Å². The maximum atomic E-state index is 6.32. The number of fused-ring (bicyclic) bond motifs is 6. The average molecular weight is 653 g/mol. The Bertz CT molecular complexity index is 2780. The molecule has 242 valence electrons. The normalized spacial score (nSPS) is 12.1. The molecule has 0 saturated carbocycles. The SMILES string of the molecule is C/C=C\C=C(/N)c1ccc2cc(-c3ccc4c(ccc5c6ccc(-c7ccc(-c8ccccc8)cc7)cc6n(-c6ccccc6)c45)c3)ccc2c1. The van der Waals surface area contributed by atoms with Gasteiger partial charge in [-0.25, -0.2) is 0 Å². The fourth-order valence-electron chi connectivity index (χ4n) is 7.43. The number of allylic oxidation sites excluding steroid dienone is 3. The first kappa shape index (κ1) is 30.4. The number of aromatic nitrogens is 1. The lowest BCUT2D eigenvalue weighted by Crippen LogP contribution is -1.95. The molecule has 0 aliphatic heterocycles. The summed E-state index contributed by atoms with van der Waals surface area (Å²) in [6.07, 6.45) is 5.90.